The molecule has 0 saturated heterocycles. The molecule has 27 heavy (non-hydrogen) atoms. The highest BCUT2D eigenvalue weighted by molar-refractivity contribution is 7.89. The number of likely N-dealkylation sites (N-methyl/N-ethyl adjacent to an activating group) is 1. The minimum Gasteiger partial charge on any atom is -0.493 e. The Labute approximate surface area is 158 Å². The van der Waals surface area contributed by atoms with Crippen LogP contribution in [0.25, 0.3) is 0 Å². The van der Waals surface area contributed by atoms with Crippen molar-refractivity contribution in [3.63, 3.8) is 0 Å². The number of benzene rings is 2. The van der Waals surface area contributed by atoms with Crippen molar-refractivity contribution >= 4 is 10.0 Å². The van der Waals surface area contributed by atoms with Gasteiger partial charge in [0.2, 0.25) is 10.0 Å². The van der Waals surface area contributed by atoms with Gasteiger partial charge in [-0.3, -0.25) is 0 Å². The normalized spacial score (nSPS) is 15.4. The summed E-state index contributed by atoms with van der Waals surface area (Å²) in [6.07, 6.45) is 2.21. The van der Waals surface area contributed by atoms with Crippen LogP contribution in [0.15, 0.2) is 29.2 Å². The number of rotatable bonds is 5. The molecule has 0 atom stereocenters. The average molecular weight is 391 g/mol. The van der Waals surface area contributed by atoms with Gasteiger partial charge in [0.1, 0.15) is 17.3 Å². The second kappa shape index (κ2) is 6.80. The molecule has 0 aromatic heterocycles. The zero-order valence-corrected chi connectivity index (χ0v) is 16.2. The van der Waals surface area contributed by atoms with Crippen molar-refractivity contribution < 1.29 is 22.3 Å². The Balaban J connectivity index is 1.59. The first kappa shape index (κ1) is 18.3. The Morgan fingerprint density at radius 2 is 1.93 bits per heavy atom. The third kappa shape index (κ3) is 3.19. The molecule has 0 amide bonds. The molecular formula is C20H22FNO4S. The molecule has 2 aliphatic rings. The van der Waals surface area contributed by atoms with Crippen LogP contribution >= 0.6 is 0 Å². The lowest BCUT2D eigenvalue weighted by Crippen LogP contribution is -2.29. The highest BCUT2D eigenvalue weighted by atomic mass is 32.2. The number of halogens is 1. The van der Waals surface area contributed by atoms with Crippen LogP contribution in [-0.2, 0) is 29.3 Å². The molecule has 7 heteroatoms. The Morgan fingerprint density at radius 3 is 2.70 bits per heavy atom. The zero-order chi connectivity index (χ0) is 19.2. The number of fused-ring (bicyclic) bond motifs is 2. The Bertz CT molecular complexity index is 971. The second-order valence-corrected chi connectivity index (χ2v) is 9.02. The van der Waals surface area contributed by atoms with E-state index in [-0.39, 0.29) is 4.90 Å². The monoisotopic (exact) mass is 391 g/mol. The van der Waals surface area contributed by atoms with Crippen molar-refractivity contribution in [2.45, 2.75) is 31.1 Å². The first-order chi connectivity index (χ1) is 12.9. The topological polar surface area (TPSA) is 55.8 Å². The molecule has 4 rings (SSSR count). The molecule has 2 aromatic carbocycles. The van der Waals surface area contributed by atoms with Gasteiger partial charge in [-0.05, 0) is 43.2 Å². The van der Waals surface area contributed by atoms with Crippen molar-refractivity contribution in [2.24, 2.45) is 0 Å². The molecule has 0 saturated carbocycles. The predicted molar refractivity (Wildman–Crippen MR) is 99.5 cm³/mol. The first-order valence-electron chi connectivity index (χ1n) is 9.03. The van der Waals surface area contributed by atoms with Gasteiger partial charge in [0, 0.05) is 43.1 Å². The molecule has 0 unspecified atom stereocenters. The van der Waals surface area contributed by atoms with Gasteiger partial charge in [-0.1, -0.05) is 0 Å². The number of aryl methyl sites for hydroxylation is 1. The van der Waals surface area contributed by atoms with Crippen LogP contribution < -0.4 is 9.47 Å². The van der Waals surface area contributed by atoms with Gasteiger partial charge in [-0.15, -0.1) is 0 Å². The Morgan fingerprint density at radius 1 is 1.15 bits per heavy atom. The molecule has 0 radical (unpaired) electrons. The van der Waals surface area contributed by atoms with E-state index < -0.39 is 15.8 Å². The fraction of sp³-hybridized carbons (Fsp3) is 0.400. The molecule has 0 bridgehead atoms. The van der Waals surface area contributed by atoms with Gasteiger partial charge in [-0.25, -0.2) is 17.1 Å². The summed E-state index contributed by atoms with van der Waals surface area (Å²) < 4.78 is 52.0. The van der Waals surface area contributed by atoms with Crippen molar-refractivity contribution in [3.8, 4) is 11.5 Å². The fourth-order valence-electron chi connectivity index (χ4n) is 3.81. The minimum atomic E-state index is -3.69. The van der Waals surface area contributed by atoms with E-state index in [2.05, 4.69) is 6.07 Å². The van der Waals surface area contributed by atoms with Crippen LogP contribution in [0.4, 0.5) is 4.39 Å². The minimum absolute atomic E-state index is 0.134. The van der Waals surface area contributed by atoms with E-state index in [1.54, 1.807) is 14.0 Å². The molecule has 0 aliphatic carbocycles. The number of ether oxygens (including phenoxy) is 2. The third-order valence-corrected chi connectivity index (χ3v) is 7.28. The van der Waals surface area contributed by atoms with E-state index >= 15 is 0 Å². The lowest BCUT2D eigenvalue weighted by atomic mass is 9.97. The average Bonchev–Trinajstić information content (AvgIpc) is 3.26. The van der Waals surface area contributed by atoms with Crippen LogP contribution in [0.1, 0.15) is 22.3 Å². The summed E-state index contributed by atoms with van der Waals surface area (Å²) in [6, 6.07) is 5.79. The fourth-order valence-corrected chi connectivity index (χ4v) is 5.18. The third-order valence-electron chi connectivity index (χ3n) is 5.26. The molecule has 0 spiro atoms. The summed E-state index contributed by atoms with van der Waals surface area (Å²) in [5.74, 6) is 1.35. The first-order valence-corrected chi connectivity index (χ1v) is 10.5. The smallest absolute Gasteiger partial charge is 0.243 e. The van der Waals surface area contributed by atoms with E-state index in [4.69, 9.17) is 9.47 Å². The molecule has 2 aromatic rings. The van der Waals surface area contributed by atoms with Gasteiger partial charge < -0.3 is 9.47 Å². The number of hydrogen-bond acceptors (Lipinski definition) is 4. The summed E-state index contributed by atoms with van der Waals surface area (Å²) in [5, 5.41) is 0. The standard InChI is InChI=1S/C20H22FNO4S/c1-13-11-15(21)3-4-19(13)27(23,24)22(2)8-5-17-16-7-10-25-18(16)12-14-6-9-26-20(14)17/h3-4,11-12H,5-10H2,1-2H3. The molecule has 5 nitrogen and oxygen atoms in total. The summed E-state index contributed by atoms with van der Waals surface area (Å²) in [4.78, 5) is 0.134. The predicted octanol–water partition coefficient (Wildman–Crippen LogP) is 2.87. The molecule has 0 fully saturated rings. The quantitative estimate of drug-likeness (QED) is 0.787. The van der Waals surface area contributed by atoms with Crippen molar-refractivity contribution in [2.75, 3.05) is 26.8 Å². The largest absolute Gasteiger partial charge is 0.493 e. The number of nitrogens with zero attached hydrogens (tertiary/aromatic N) is 1. The number of sulfonamides is 1. The van der Waals surface area contributed by atoms with E-state index in [9.17, 15) is 12.8 Å². The lowest BCUT2D eigenvalue weighted by molar-refractivity contribution is 0.351. The lowest BCUT2D eigenvalue weighted by Gasteiger charge is -2.20. The van der Waals surface area contributed by atoms with E-state index in [0.29, 0.717) is 31.7 Å². The molecule has 0 N–H and O–H groups in total. The van der Waals surface area contributed by atoms with Gasteiger partial charge in [-0.2, -0.15) is 0 Å². The summed E-state index contributed by atoms with van der Waals surface area (Å²) in [5.41, 5.74) is 3.71. The van der Waals surface area contributed by atoms with E-state index in [0.717, 1.165) is 41.0 Å². The van der Waals surface area contributed by atoms with E-state index in [1.165, 1.54) is 22.5 Å². The summed E-state index contributed by atoms with van der Waals surface area (Å²) >= 11 is 0. The van der Waals surface area contributed by atoms with Crippen LogP contribution in [-0.4, -0.2) is 39.5 Å². The maximum atomic E-state index is 13.3. The van der Waals surface area contributed by atoms with Crippen LogP contribution in [0.2, 0.25) is 0 Å². The molecule has 144 valence electrons. The van der Waals surface area contributed by atoms with Gasteiger partial charge in [0.25, 0.3) is 0 Å². The Hall–Kier alpha value is -2.12. The van der Waals surface area contributed by atoms with E-state index in [1.807, 2.05) is 0 Å². The van der Waals surface area contributed by atoms with Crippen molar-refractivity contribution in [3.05, 3.63) is 52.3 Å². The molecule has 2 aliphatic heterocycles. The van der Waals surface area contributed by atoms with Crippen LogP contribution in [0, 0.1) is 12.7 Å². The maximum absolute atomic E-state index is 13.3. The highest BCUT2D eigenvalue weighted by Gasteiger charge is 2.28. The van der Waals surface area contributed by atoms with Gasteiger partial charge >= 0.3 is 0 Å². The SMILES string of the molecule is Cc1cc(F)ccc1S(=O)(=O)N(C)CCc1c2c(cc3c1OCC3)OCC2. The maximum Gasteiger partial charge on any atom is 0.243 e. The van der Waals surface area contributed by atoms with Crippen LogP contribution in [0.5, 0.6) is 11.5 Å². The van der Waals surface area contributed by atoms with Crippen LogP contribution in [0.3, 0.4) is 0 Å². The highest BCUT2D eigenvalue weighted by Crippen LogP contribution is 2.41. The van der Waals surface area contributed by atoms with Gasteiger partial charge in [0.15, 0.2) is 0 Å². The molecule has 2 heterocycles. The van der Waals surface area contributed by atoms with Crippen molar-refractivity contribution in [1.82, 2.24) is 4.31 Å². The summed E-state index contributed by atoms with van der Waals surface area (Å²) in [7, 11) is -2.14. The number of hydrogen-bond donors (Lipinski definition) is 0. The second-order valence-electron chi connectivity index (χ2n) is 7.00. The molecular weight excluding hydrogens is 369 g/mol. The zero-order valence-electron chi connectivity index (χ0n) is 15.4. The van der Waals surface area contributed by atoms with Crippen molar-refractivity contribution in [1.29, 1.82) is 0 Å². The van der Waals surface area contributed by atoms with Gasteiger partial charge in [0.05, 0.1) is 18.1 Å². The Kier molecular flexibility index (Phi) is 4.60. The summed E-state index contributed by atoms with van der Waals surface area (Å²) in [6.45, 7) is 3.21.